The second kappa shape index (κ2) is 5.22. The molecular weight excluding hydrogens is 230 g/mol. The van der Waals surface area contributed by atoms with Gasteiger partial charge < -0.3 is 4.90 Å². The molecule has 84 valence electrons. The molecule has 0 aliphatic rings. The zero-order valence-corrected chi connectivity index (χ0v) is 11.2. The zero-order chi connectivity index (χ0) is 11.4. The second-order valence-electron chi connectivity index (χ2n) is 3.04. The summed E-state index contributed by atoms with van der Waals surface area (Å²) in [5, 5.41) is 0. The molecule has 0 bridgehead atoms. The van der Waals surface area contributed by atoms with E-state index in [1.54, 1.807) is 34.8 Å². The Morgan fingerprint density at radius 2 is 1.80 bits per heavy atom. The number of rotatable bonds is 0. The van der Waals surface area contributed by atoms with Gasteiger partial charge in [-0.25, -0.2) is 0 Å². The number of hydrogen-bond acceptors (Lipinski definition) is 4. The molecule has 15 heavy (non-hydrogen) atoms. The summed E-state index contributed by atoms with van der Waals surface area (Å²) in [5.41, 5.74) is 0. The van der Waals surface area contributed by atoms with Crippen LogP contribution in [0.1, 0.15) is 0 Å². The van der Waals surface area contributed by atoms with Crippen molar-refractivity contribution in [2.45, 2.75) is 0 Å². The number of aromatic nitrogens is 1. The quantitative estimate of drug-likeness (QED) is 0.364. The SMILES string of the molecule is CN=C(/N=c1/ssc(=NC)n1C)N(C)C. The van der Waals surface area contributed by atoms with Crippen LogP contribution >= 0.6 is 20.7 Å². The summed E-state index contributed by atoms with van der Waals surface area (Å²) >= 11 is 0. The van der Waals surface area contributed by atoms with Gasteiger partial charge in [-0.2, -0.15) is 4.99 Å². The van der Waals surface area contributed by atoms with Crippen LogP contribution in [0.4, 0.5) is 0 Å². The van der Waals surface area contributed by atoms with Crippen molar-refractivity contribution in [3.8, 4) is 0 Å². The maximum absolute atomic E-state index is 4.45. The molecule has 5 nitrogen and oxygen atoms in total. The monoisotopic (exact) mass is 245 g/mol. The lowest BCUT2D eigenvalue weighted by atomic mass is 10.8. The van der Waals surface area contributed by atoms with E-state index in [0.717, 1.165) is 9.60 Å². The molecule has 0 spiro atoms. The van der Waals surface area contributed by atoms with Crippen molar-refractivity contribution in [1.82, 2.24) is 9.47 Å². The first-order valence-electron chi connectivity index (χ1n) is 4.38. The van der Waals surface area contributed by atoms with Gasteiger partial charge in [0.1, 0.15) is 0 Å². The normalized spacial score (nSPS) is 14.9. The molecule has 0 atom stereocenters. The topological polar surface area (TPSA) is 45.2 Å². The first-order valence-corrected chi connectivity index (χ1v) is 6.53. The van der Waals surface area contributed by atoms with Crippen LogP contribution in [-0.4, -0.2) is 43.6 Å². The van der Waals surface area contributed by atoms with E-state index in [1.165, 1.54) is 0 Å². The van der Waals surface area contributed by atoms with E-state index < -0.39 is 0 Å². The summed E-state index contributed by atoms with van der Waals surface area (Å²) in [6, 6.07) is 0. The third-order valence-electron chi connectivity index (χ3n) is 1.75. The molecule has 0 aliphatic carbocycles. The molecule has 1 aromatic rings. The van der Waals surface area contributed by atoms with Gasteiger partial charge in [0, 0.05) is 35.2 Å². The molecule has 0 aromatic carbocycles. The minimum Gasteiger partial charge on any atom is -0.347 e. The fourth-order valence-corrected chi connectivity index (χ4v) is 3.23. The van der Waals surface area contributed by atoms with Crippen molar-refractivity contribution in [1.29, 1.82) is 0 Å². The average Bonchev–Trinajstić information content (AvgIpc) is 2.55. The lowest BCUT2D eigenvalue weighted by molar-refractivity contribution is 0.609. The molecule has 0 saturated carbocycles. The van der Waals surface area contributed by atoms with Gasteiger partial charge in [0.05, 0.1) is 0 Å². The zero-order valence-electron chi connectivity index (χ0n) is 9.55. The van der Waals surface area contributed by atoms with Crippen molar-refractivity contribution in [3.05, 3.63) is 9.60 Å². The van der Waals surface area contributed by atoms with Crippen LogP contribution in [0.15, 0.2) is 15.0 Å². The Morgan fingerprint density at radius 1 is 1.20 bits per heavy atom. The van der Waals surface area contributed by atoms with E-state index in [4.69, 9.17) is 0 Å². The molecule has 0 saturated heterocycles. The molecule has 0 amide bonds. The van der Waals surface area contributed by atoms with Gasteiger partial charge in [0.25, 0.3) is 0 Å². The molecule has 0 N–H and O–H groups in total. The smallest absolute Gasteiger partial charge is 0.222 e. The Hall–Kier alpha value is -0.950. The Bertz CT molecular complexity index is 474. The Balaban J connectivity index is 3.28. The van der Waals surface area contributed by atoms with Crippen molar-refractivity contribution >= 4 is 26.6 Å². The fourth-order valence-electron chi connectivity index (χ4n) is 0.985. The predicted octanol–water partition coefficient (Wildman–Crippen LogP) is 0.127. The van der Waals surface area contributed by atoms with Gasteiger partial charge in [-0.05, 0) is 20.7 Å². The minimum absolute atomic E-state index is 0.710. The van der Waals surface area contributed by atoms with Crippen LogP contribution in [0.2, 0.25) is 0 Å². The number of hydrogen-bond donors (Lipinski definition) is 0. The van der Waals surface area contributed by atoms with Gasteiger partial charge in [-0.3, -0.25) is 14.6 Å². The third-order valence-corrected chi connectivity index (χ3v) is 4.10. The van der Waals surface area contributed by atoms with Gasteiger partial charge in [-0.1, -0.05) is 0 Å². The number of aliphatic imine (C=N–C) groups is 1. The summed E-state index contributed by atoms with van der Waals surface area (Å²) in [5.74, 6) is 0.710. The average molecular weight is 245 g/mol. The van der Waals surface area contributed by atoms with Gasteiger partial charge in [-0.15, -0.1) is 0 Å². The van der Waals surface area contributed by atoms with Crippen molar-refractivity contribution in [3.63, 3.8) is 0 Å². The maximum Gasteiger partial charge on any atom is 0.222 e. The highest BCUT2D eigenvalue weighted by Gasteiger charge is 2.00. The lowest BCUT2D eigenvalue weighted by Crippen LogP contribution is -2.27. The molecule has 1 heterocycles. The summed E-state index contributed by atoms with van der Waals surface area (Å²) in [7, 11) is 12.5. The first-order chi connectivity index (χ1) is 7.10. The van der Waals surface area contributed by atoms with Crippen LogP contribution in [0.3, 0.4) is 0 Å². The Morgan fingerprint density at radius 3 is 2.20 bits per heavy atom. The van der Waals surface area contributed by atoms with Crippen LogP contribution in [-0.2, 0) is 7.05 Å². The Kier molecular flexibility index (Phi) is 4.22. The van der Waals surface area contributed by atoms with Crippen LogP contribution < -0.4 is 9.60 Å². The summed E-state index contributed by atoms with van der Waals surface area (Å²) in [4.78, 5) is 16.5. The first kappa shape index (κ1) is 12.1. The van der Waals surface area contributed by atoms with Gasteiger partial charge in [0.15, 0.2) is 4.80 Å². The highest BCUT2D eigenvalue weighted by atomic mass is 32.9. The van der Waals surface area contributed by atoms with Crippen LogP contribution in [0, 0.1) is 0 Å². The van der Waals surface area contributed by atoms with Gasteiger partial charge in [0.2, 0.25) is 10.8 Å². The van der Waals surface area contributed by atoms with E-state index in [-0.39, 0.29) is 0 Å². The van der Waals surface area contributed by atoms with E-state index in [0.29, 0.717) is 5.96 Å². The summed E-state index contributed by atoms with van der Waals surface area (Å²) < 4.78 is 1.96. The third kappa shape index (κ3) is 2.75. The van der Waals surface area contributed by atoms with Crippen LogP contribution in [0.5, 0.6) is 0 Å². The molecule has 0 radical (unpaired) electrons. The highest BCUT2D eigenvalue weighted by molar-refractivity contribution is 7.67. The van der Waals surface area contributed by atoms with E-state index in [1.807, 2.05) is 30.6 Å². The maximum atomic E-state index is 4.45. The molecule has 0 unspecified atom stereocenters. The molecule has 7 heteroatoms. The summed E-state index contributed by atoms with van der Waals surface area (Å²) in [6.07, 6.45) is 0. The largest absolute Gasteiger partial charge is 0.347 e. The summed E-state index contributed by atoms with van der Waals surface area (Å²) in [6.45, 7) is 0. The predicted molar refractivity (Wildman–Crippen MR) is 65.3 cm³/mol. The van der Waals surface area contributed by atoms with E-state index in [2.05, 4.69) is 15.0 Å². The minimum atomic E-state index is 0.710. The molecule has 1 aromatic heterocycles. The van der Waals surface area contributed by atoms with E-state index >= 15 is 0 Å². The van der Waals surface area contributed by atoms with Crippen molar-refractivity contribution < 1.29 is 0 Å². The van der Waals surface area contributed by atoms with Crippen LogP contribution in [0.25, 0.3) is 0 Å². The fraction of sp³-hybridized carbons (Fsp3) is 0.625. The van der Waals surface area contributed by atoms with E-state index in [9.17, 15) is 0 Å². The van der Waals surface area contributed by atoms with Crippen molar-refractivity contribution in [2.75, 3.05) is 28.2 Å². The Labute approximate surface area is 96.2 Å². The van der Waals surface area contributed by atoms with Crippen molar-refractivity contribution in [2.24, 2.45) is 22.0 Å². The second-order valence-corrected chi connectivity index (χ2v) is 5.11. The van der Waals surface area contributed by atoms with Gasteiger partial charge >= 0.3 is 0 Å². The molecule has 0 fully saturated rings. The molecular formula is C8H15N5S2. The highest BCUT2D eigenvalue weighted by Crippen LogP contribution is 1.92. The molecule has 1 rings (SSSR count). The lowest BCUT2D eigenvalue weighted by Gasteiger charge is -2.08. The number of nitrogens with zero attached hydrogens (tertiary/aromatic N) is 5. The number of guanidine groups is 1. The molecule has 0 aliphatic heterocycles. The standard InChI is InChI=1S/C8H15N5S2/c1-9-6(12(3)4)11-8-13(5)7(10-2)14-15-8/h1-5H3/b9-6?,10-7?,11-8+.